The van der Waals surface area contributed by atoms with Gasteiger partial charge in [0.15, 0.2) is 0 Å². The summed E-state index contributed by atoms with van der Waals surface area (Å²) in [6.07, 6.45) is -0.524. The molecule has 4 nitrogen and oxygen atoms in total. The van der Waals surface area contributed by atoms with Crippen molar-refractivity contribution in [3.63, 3.8) is 0 Å². The number of hydrogen-bond acceptors (Lipinski definition) is 3. The zero-order valence-electron chi connectivity index (χ0n) is 8.71. The summed E-state index contributed by atoms with van der Waals surface area (Å²) in [5.74, 6) is -2.30. The number of carboxylic acids is 1. The molecule has 0 aromatic heterocycles. The van der Waals surface area contributed by atoms with Gasteiger partial charge >= 0.3 is 5.97 Å². The van der Waals surface area contributed by atoms with Gasteiger partial charge in [-0.25, -0.2) is 0 Å². The molecule has 0 aliphatic heterocycles. The number of fused-ring (bicyclic) bond motifs is 1. The first-order valence-corrected chi connectivity index (χ1v) is 5.24. The lowest BCUT2D eigenvalue weighted by molar-refractivity contribution is -0.147. The number of aliphatic carboxylic acids is 1. The van der Waals surface area contributed by atoms with Crippen LogP contribution in [-0.4, -0.2) is 27.9 Å². The third-order valence-electron chi connectivity index (χ3n) is 3.26. The van der Waals surface area contributed by atoms with Crippen LogP contribution in [0.3, 0.4) is 0 Å². The lowest BCUT2D eigenvalue weighted by Gasteiger charge is -2.33. The van der Waals surface area contributed by atoms with Gasteiger partial charge in [0, 0.05) is 12.5 Å². The topological polar surface area (TPSA) is 77.8 Å². The van der Waals surface area contributed by atoms with Gasteiger partial charge in [-0.05, 0) is 17.5 Å². The van der Waals surface area contributed by atoms with Crippen LogP contribution in [0.15, 0.2) is 24.3 Å². The van der Waals surface area contributed by atoms with E-state index in [-0.39, 0.29) is 6.61 Å². The van der Waals surface area contributed by atoms with E-state index in [9.17, 15) is 15.0 Å². The van der Waals surface area contributed by atoms with Crippen LogP contribution in [0.5, 0.6) is 0 Å². The third-order valence-corrected chi connectivity index (χ3v) is 3.26. The van der Waals surface area contributed by atoms with Gasteiger partial charge in [0.25, 0.3) is 0 Å². The first-order valence-electron chi connectivity index (χ1n) is 5.24. The molecule has 0 saturated carbocycles. The molecule has 2 rings (SSSR count). The smallest absolute Gasteiger partial charge is 0.307 e. The normalized spacial score (nSPS) is 28.5. The predicted molar refractivity (Wildman–Crippen MR) is 56.8 cm³/mol. The molecule has 3 N–H and O–H groups in total. The molecule has 0 heterocycles. The van der Waals surface area contributed by atoms with E-state index >= 15 is 0 Å². The Bertz CT molecular complexity index is 402. The molecule has 1 aromatic rings. The summed E-state index contributed by atoms with van der Waals surface area (Å²) in [5.41, 5.74) is 1.59. The van der Waals surface area contributed by atoms with Gasteiger partial charge in [-0.1, -0.05) is 24.3 Å². The van der Waals surface area contributed by atoms with Crippen LogP contribution >= 0.6 is 0 Å². The monoisotopic (exact) mass is 222 g/mol. The maximum absolute atomic E-state index is 11.1. The highest BCUT2D eigenvalue weighted by atomic mass is 16.4. The van der Waals surface area contributed by atoms with Gasteiger partial charge in [0.2, 0.25) is 0 Å². The van der Waals surface area contributed by atoms with Gasteiger partial charge in [-0.15, -0.1) is 0 Å². The summed E-state index contributed by atoms with van der Waals surface area (Å²) in [7, 11) is 0. The van der Waals surface area contributed by atoms with Crippen molar-refractivity contribution in [2.45, 2.75) is 12.5 Å². The summed E-state index contributed by atoms with van der Waals surface area (Å²) >= 11 is 0. The maximum Gasteiger partial charge on any atom is 0.307 e. The number of aliphatic hydroxyl groups excluding tert-OH is 2. The quantitative estimate of drug-likeness (QED) is 0.684. The number of hydrogen-bond donors (Lipinski definition) is 3. The standard InChI is InChI=1S/C12H14O4/c13-6-10-9(12(15)16)5-7-3-1-2-4-8(7)11(10)14/h1-4,9-11,13-14H,5-6H2,(H,15,16)/t9-,10-,11-/m1/s1. The SMILES string of the molecule is O=C(O)[C@@H]1Cc2ccccc2[C@@H](O)[C@@H]1CO. The summed E-state index contributed by atoms with van der Waals surface area (Å²) in [6, 6.07) is 7.23. The predicted octanol–water partition coefficient (Wildman–Crippen LogP) is 0.585. The van der Waals surface area contributed by atoms with Gasteiger partial charge in [-0.3, -0.25) is 4.79 Å². The lowest BCUT2D eigenvalue weighted by Crippen LogP contribution is -2.36. The first-order chi connectivity index (χ1) is 7.65. The molecular formula is C12H14O4. The van der Waals surface area contributed by atoms with Crippen LogP contribution in [0.2, 0.25) is 0 Å². The van der Waals surface area contributed by atoms with E-state index in [1.165, 1.54) is 0 Å². The van der Waals surface area contributed by atoms with Crippen molar-refractivity contribution in [3.8, 4) is 0 Å². The van der Waals surface area contributed by atoms with Crippen molar-refractivity contribution in [2.75, 3.05) is 6.61 Å². The molecule has 0 unspecified atom stereocenters. The molecular weight excluding hydrogens is 208 g/mol. The van der Waals surface area contributed by atoms with Crippen LogP contribution < -0.4 is 0 Å². The van der Waals surface area contributed by atoms with Gasteiger partial charge in [-0.2, -0.15) is 0 Å². The number of aliphatic hydroxyl groups is 2. The Balaban J connectivity index is 2.41. The molecule has 1 aliphatic rings. The molecule has 0 spiro atoms. The molecule has 3 atom stereocenters. The second-order valence-corrected chi connectivity index (χ2v) is 4.14. The molecule has 0 saturated heterocycles. The van der Waals surface area contributed by atoms with Crippen molar-refractivity contribution < 1.29 is 20.1 Å². The van der Waals surface area contributed by atoms with E-state index in [0.29, 0.717) is 6.42 Å². The van der Waals surface area contributed by atoms with E-state index in [4.69, 9.17) is 5.11 Å². The average Bonchev–Trinajstić information content (AvgIpc) is 2.29. The van der Waals surface area contributed by atoms with Gasteiger partial charge in [0.05, 0.1) is 12.0 Å². The second kappa shape index (κ2) is 4.23. The molecule has 1 aromatic carbocycles. The molecule has 16 heavy (non-hydrogen) atoms. The van der Waals surface area contributed by atoms with Crippen molar-refractivity contribution in [2.24, 2.45) is 11.8 Å². The summed E-state index contributed by atoms with van der Waals surface area (Å²) in [6.45, 7) is -0.313. The number of carbonyl (C=O) groups is 1. The van der Waals surface area contributed by atoms with E-state index in [2.05, 4.69) is 0 Å². The van der Waals surface area contributed by atoms with E-state index in [1.54, 1.807) is 12.1 Å². The zero-order chi connectivity index (χ0) is 11.7. The number of rotatable bonds is 2. The van der Waals surface area contributed by atoms with Gasteiger partial charge < -0.3 is 15.3 Å². The van der Waals surface area contributed by atoms with Crippen LogP contribution in [0.4, 0.5) is 0 Å². The van der Waals surface area contributed by atoms with Crippen molar-refractivity contribution in [3.05, 3.63) is 35.4 Å². The Labute approximate surface area is 93.2 Å². The maximum atomic E-state index is 11.1. The summed E-state index contributed by atoms with van der Waals surface area (Å²) in [4.78, 5) is 11.1. The fourth-order valence-corrected chi connectivity index (χ4v) is 2.35. The largest absolute Gasteiger partial charge is 0.481 e. The Morgan fingerprint density at radius 1 is 1.38 bits per heavy atom. The number of benzene rings is 1. The minimum absolute atomic E-state index is 0.313. The Morgan fingerprint density at radius 2 is 2.06 bits per heavy atom. The van der Waals surface area contributed by atoms with Crippen molar-refractivity contribution >= 4 is 5.97 Å². The molecule has 86 valence electrons. The Kier molecular flexibility index (Phi) is 2.94. The fraction of sp³-hybridized carbons (Fsp3) is 0.417. The lowest BCUT2D eigenvalue weighted by atomic mass is 9.74. The van der Waals surface area contributed by atoms with E-state index in [0.717, 1.165) is 11.1 Å². The van der Waals surface area contributed by atoms with Crippen LogP contribution in [0.25, 0.3) is 0 Å². The van der Waals surface area contributed by atoms with Crippen LogP contribution in [0.1, 0.15) is 17.2 Å². The highest BCUT2D eigenvalue weighted by Crippen LogP contribution is 2.37. The van der Waals surface area contributed by atoms with Crippen molar-refractivity contribution in [1.29, 1.82) is 0 Å². The molecule has 4 heteroatoms. The molecule has 1 aliphatic carbocycles. The van der Waals surface area contributed by atoms with Gasteiger partial charge in [0.1, 0.15) is 0 Å². The highest BCUT2D eigenvalue weighted by molar-refractivity contribution is 5.71. The zero-order valence-corrected chi connectivity index (χ0v) is 8.71. The van der Waals surface area contributed by atoms with Crippen molar-refractivity contribution in [1.82, 2.24) is 0 Å². The Hall–Kier alpha value is -1.39. The minimum Gasteiger partial charge on any atom is -0.481 e. The molecule has 0 amide bonds. The highest BCUT2D eigenvalue weighted by Gasteiger charge is 2.38. The molecule has 0 bridgehead atoms. The third kappa shape index (κ3) is 1.70. The fourth-order valence-electron chi connectivity index (χ4n) is 2.35. The summed E-state index contributed by atoms with van der Waals surface area (Å²) < 4.78 is 0. The average molecular weight is 222 g/mol. The minimum atomic E-state index is -0.965. The number of carboxylic acid groups (broad SMARTS) is 1. The Morgan fingerprint density at radius 3 is 2.69 bits per heavy atom. The first kappa shape index (κ1) is 11.1. The molecule has 0 radical (unpaired) electrons. The van der Waals surface area contributed by atoms with Crippen LogP contribution in [0, 0.1) is 11.8 Å². The second-order valence-electron chi connectivity index (χ2n) is 4.14. The van der Waals surface area contributed by atoms with Crippen LogP contribution in [-0.2, 0) is 11.2 Å². The molecule has 0 fully saturated rings. The van der Waals surface area contributed by atoms with E-state index < -0.39 is 23.9 Å². The summed E-state index contributed by atoms with van der Waals surface area (Å²) in [5, 5.41) is 28.3. The van der Waals surface area contributed by atoms with E-state index in [1.807, 2.05) is 12.1 Å².